The first kappa shape index (κ1) is 14.4. The third-order valence-electron chi connectivity index (χ3n) is 3.01. The molecule has 1 aliphatic rings. The van der Waals surface area contributed by atoms with Crippen molar-refractivity contribution in [1.82, 2.24) is 0 Å². The lowest BCUT2D eigenvalue weighted by Crippen LogP contribution is -2.23. The first-order chi connectivity index (χ1) is 7.87. The zero-order valence-electron chi connectivity index (χ0n) is 10.3. The molecule has 17 heavy (non-hydrogen) atoms. The molecule has 0 saturated heterocycles. The van der Waals surface area contributed by atoms with Crippen molar-refractivity contribution in [1.29, 1.82) is 0 Å². The number of hydrogen-bond acceptors (Lipinski definition) is 5. The van der Waals surface area contributed by atoms with E-state index in [2.05, 4.69) is 0 Å². The molecule has 1 saturated carbocycles. The number of hydrogen-bond donors (Lipinski definition) is 0. The van der Waals surface area contributed by atoms with E-state index >= 15 is 0 Å². The third kappa shape index (κ3) is 6.63. The van der Waals surface area contributed by atoms with Crippen LogP contribution in [0.5, 0.6) is 0 Å². The van der Waals surface area contributed by atoms with Crippen LogP contribution in [0.25, 0.3) is 0 Å². The molecule has 0 heterocycles. The molecular formula is C11H20O5S. The van der Waals surface area contributed by atoms with Crippen molar-refractivity contribution in [3.8, 4) is 0 Å². The molecule has 0 aromatic rings. The number of carbonyl (C=O) groups excluding carboxylic acids is 1. The molecule has 0 atom stereocenters. The standard InChI is InChI=1S/C11H20O5S/c1-9(12)15-7-10-3-5-11(6-4-10)8-16-17(2,13)14/h10-11H,3-8H2,1-2H3. The van der Waals surface area contributed by atoms with Crippen LogP contribution in [0.2, 0.25) is 0 Å². The van der Waals surface area contributed by atoms with E-state index < -0.39 is 10.1 Å². The highest BCUT2D eigenvalue weighted by atomic mass is 32.2. The monoisotopic (exact) mass is 264 g/mol. The van der Waals surface area contributed by atoms with Gasteiger partial charge >= 0.3 is 5.97 Å². The zero-order valence-corrected chi connectivity index (χ0v) is 11.2. The Bertz CT molecular complexity index is 341. The number of esters is 1. The fraction of sp³-hybridized carbons (Fsp3) is 0.909. The number of rotatable bonds is 5. The zero-order chi connectivity index (χ0) is 12.9. The van der Waals surface area contributed by atoms with Crippen LogP contribution in [0.1, 0.15) is 32.6 Å². The van der Waals surface area contributed by atoms with E-state index in [1.54, 1.807) is 0 Å². The molecule has 0 radical (unpaired) electrons. The van der Waals surface area contributed by atoms with Crippen molar-refractivity contribution in [3.63, 3.8) is 0 Å². The Kier molecular flexibility index (Phi) is 5.39. The van der Waals surface area contributed by atoms with Crippen molar-refractivity contribution in [3.05, 3.63) is 0 Å². The lowest BCUT2D eigenvalue weighted by Gasteiger charge is -2.27. The van der Waals surface area contributed by atoms with Crippen LogP contribution in [0.15, 0.2) is 0 Å². The minimum absolute atomic E-state index is 0.243. The van der Waals surface area contributed by atoms with Crippen molar-refractivity contribution >= 4 is 16.1 Å². The van der Waals surface area contributed by atoms with Gasteiger partial charge in [-0.2, -0.15) is 8.42 Å². The molecule has 5 nitrogen and oxygen atoms in total. The minimum atomic E-state index is -3.33. The molecule has 100 valence electrons. The molecular weight excluding hydrogens is 244 g/mol. The van der Waals surface area contributed by atoms with Crippen LogP contribution in [0.4, 0.5) is 0 Å². The first-order valence-electron chi connectivity index (χ1n) is 5.84. The maximum Gasteiger partial charge on any atom is 0.302 e. The van der Waals surface area contributed by atoms with Crippen LogP contribution < -0.4 is 0 Å². The topological polar surface area (TPSA) is 69.7 Å². The van der Waals surface area contributed by atoms with Crippen molar-refractivity contribution in [2.45, 2.75) is 32.6 Å². The third-order valence-corrected chi connectivity index (χ3v) is 3.57. The molecule has 0 N–H and O–H groups in total. The molecule has 1 aliphatic carbocycles. The summed E-state index contributed by atoms with van der Waals surface area (Å²) < 4.78 is 31.4. The summed E-state index contributed by atoms with van der Waals surface area (Å²) in [7, 11) is -3.33. The Morgan fingerprint density at radius 1 is 1.12 bits per heavy atom. The second-order valence-corrected chi connectivity index (χ2v) is 6.32. The Labute approximate surface area is 103 Å². The van der Waals surface area contributed by atoms with Gasteiger partial charge in [-0.3, -0.25) is 8.98 Å². The van der Waals surface area contributed by atoms with E-state index in [4.69, 9.17) is 8.92 Å². The van der Waals surface area contributed by atoms with Crippen LogP contribution in [-0.4, -0.2) is 33.9 Å². The van der Waals surface area contributed by atoms with Crippen molar-refractivity contribution < 1.29 is 22.1 Å². The van der Waals surface area contributed by atoms with Gasteiger partial charge in [-0.1, -0.05) is 0 Å². The summed E-state index contributed by atoms with van der Waals surface area (Å²) in [6, 6.07) is 0. The number of ether oxygens (including phenoxy) is 1. The van der Waals surface area contributed by atoms with E-state index in [0.717, 1.165) is 31.9 Å². The lowest BCUT2D eigenvalue weighted by atomic mass is 9.83. The van der Waals surface area contributed by atoms with Gasteiger partial charge in [-0.15, -0.1) is 0 Å². The molecule has 0 spiro atoms. The van der Waals surface area contributed by atoms with E-state index in [1.165, 1.54) is 6.92 Å². The molecule has 0 aliphatic heterocycles. The molecule has 0 aromatic heterocycles. The Hall–Kier alpha value is -0.620. The summed E-state index contributed by atoms with van der Waals surface area (Å²) in [6.45, 7) is 2.17. The largest absolute Gasteiger partial charge is 0.466 e. The summed E-state index contributed by atoms with van der Waals surface area (Å²) in [5.41, 5.74) is 0. The smallest absolute Gasteiger partial charge is 0.302 e. The van der Waals surface area contributed by atoms with Crippen molar-refractivity contribution in [2.24, 2.45) is 11.8 Å². The van der Waals surface area contributed by atoms with Gasteiger partial charge in [-0.05, 0) is 37.5 Å². The van der Waals surface area contributed by atoms with E-state index in [9.17, 15) is 13.2 Å². The SMILES string of the molecule is CC(=O)OCC1CCC(COS(C)(=O)=O)CC1. The van der Waals surface area contributed by atoms with Gasteiger partial charge in [0.2, 0.25) is 0 Å². The van der Waals surface area contributed by atoms with E-state index in [1.807, 2.05) is 0 Å². The maximum absolute atomic E-state index is 10.8. The Morgan fingerprint density at radius 3 is 2.00 bits per heavy atom. The van der Waals surface area contributed by atoms with Gasteiger partial charge < -0.3 is 4.74 Å². The molecule has 0 amide bonds. The van der Waals surface area contributed by atoms with E-state index in [0.29, 0.717) is 18.4 Å². The van der Waals surface area contributed by atoms with Gasteiger partial charge in [0, 0.05) is 6.92 Å². The first-order valence-corrected chi connectivity index (χ1v) is 7.66. The Balaban J connectivity index is 2.19. The minimum Gasteiger partial charge on any atom is -0.466 e. The summed E-state index contributed by atoms with van der Waals surface area (Å²) in [4.78, 5) is 10.7. The summed E-state index contributed by atoms with van der Waals surface area (Å²) in [5, 5.41) is 0. The van der Waals surface area contributed by atoms with Crippen molar-refractivity contribution in [2.75, 3.05) is 19.5 Å². The fourth-order valence-corrected chi connectivity index (χ4v) is 2.46. The van der Waals surface area contributed by atoms with Crippen LogP contribution in [-0.2, 0) is 23.8 Å². The highest BCUT2D eigenvalue weighted by Crippen LogP contribution is 2.29. The maximum atomic E-state index is 10.8. The molecule has 0 unspecified atom stereocenters. The normalized spacial score (nSPS) is 25.5. The summed E-state index contributed by atoms with van der Waals surface area (Å²) >= 11 is 0. The molecule has 6 heteroatoms. The highest BCUT2D eigenvalue weighted by Gasteiger charge is 2.23. The predicted molar refractivity (Wildman–Crippen MR) is 62.9 cm³/mol. The van der Waals surface area contributed by atoms with E-state index in [-0.39, 0.29) is 12.6 Å². The second-order valence-electron chi connectivity index (χ2n) is 4.68. The average molecular weight is 264 g/mol. The summed E-state index contributed by atoms with van der Waals surface area (Å²) in [5.74, 6) is 0.471. The van der Waals surface area contributed by atoms with Crippen LogP contribution >= 0.6 is 0 Å². The van der Waals surface area contributed by atoms with Crippen LogP contribution in [0, 0.1) is 11.8 Å². The van der Waals surface area contributed by atoms with Gasteiger partial charge in [0.25, 0.3) is 10.1 Å². The Morgan fingerprint density at radius 2 is 1.59 bits per heavy atom. The average Bonchev–Trinajstić information content (AvgIpc) is 2.24. The quantitative estimate of drug-likeness (QED) is 0.553. The van der Waals surface area contributed by atoms with Crippen LogP contribution in [0.3, 0.4) is 0 Å². The van der Waals surface area contributed by atoms with Gasteiger partial charge in [0.15, 0.2) is 0 Å². The van der Waals surface area contributed by atoms with Gasteiger partial charge in [-0.25, -0.2) is 0 Å². The molecule has 1 fully saturated rings. The second kappa shape index (κ2) is 6.35. The van der Waals surface area contributed by atoms with Gasteiger partial charge in [0.1, 0.15) is 0 Å². The van der Waals surface area contributed by atoms with Gasteiger partial charge in [0.05, 0.1) is 19.5 Å². The molecule has 1 rings (SSSR count). The lowest BCUT2D eigenvalue weighted by molar-refractivity contribution is -0.142. The summed E-state index contributed by atoms with van der Waals surface area (Å²) in [6.07, 6.45) is 4.86. The number of carbonyl (C=O) groups is 1. The molecule has 0 bridgehead atoms. The predicted octanol–water partition coefficient (Wildman–Crippen LogP) is 1.33. The highest BCUT2D eigenvalue weighted by molar-refractivity contribution is 7.85. The molecule has 0 aromatic carbocycles. The fourth-order valence-electron chi connectivity index (χ4n) is 2.02.